The second kappa shape index (κ2) is 5.78. The lowest BCUT2D eigenvalue weighted by Crippen LogP contribution is -2.48. The third kappa shape index (κ3) is 2.68. The van der Waals surface area contributed by atoms with Gasteiger partial charge in [-0.1, -0.05) is 19.1 Å². The summed E-state index contributed by atoms with van der Waals surface area (Å²) in [5, 5.41) is 0.655. The van der Waals surface area contributed by atoms with Crippen molar-refractivity contribution in [2.75, 3.05) is 7.11 Å². The molecule has 4 bridgehead atoms. The van der Waals surface area contributed by atoms with Gasteiger partial charge < -0.3 is 4.74 Å². The average molecular weight is 317 g/mol. The molecule has 4 fully saturated rings. The Bertz CT molecular complexity index is 486. The number of ether oxygens (including phenoxy) is 1. The molecule has 0 saturated heterocycles. The van der Waals surface area contributed by atoms with Gasteiger partial charge in [0.05, 0.1) is 7.11 Å². The van der Waals surface area contributed by atoms with Gasteiger partial charge in [0.15, 0.2) is 0 Å². The molecule has 1 aromatic rings. The lowest BCUT2D eigenvalue weighted by atomic mass is 9.56. The number of rotatable bonds is 5. The van der Waals surface area contributed by atoms with Crippen molar-refractivity contribution in [3.63, 3.8) is 0 Å². The molecular weight excluding hydrogens is 288 g/mol. The zero-order valence-electron chi connectivity index (χ0n) is 13.9. The molecule has 0 aliphatic heterocycles. The lowest BCUT2D eigenvalue weighted by molar-refractivity contribution is 0.0381. The second-order valence-electron chi connectivity index (χ2n) is 7.89. The highest BCUT2D eigenvalue weighted by molar-refractivity contribution is 8.00. The standard InChI is InChI=1S/C20H28OS/c1-3-19(17-4-6-18(21-2)7-5-17)22-20-11-14-8-15(12-20)10-16(9-14)13-20/h4-7,14-16,19H,3,8-13H2,1-2H3. The molecule has 4 saturated carbocycles. The Morgan fingerprint density at radius 2 is 1.59 bits per heavy atom. The van der Waals surface area contributed by atoms with Gasteiger partial charge in [0, 0.05) is 10.00 Å². The van der Waals surface area contributed by atoms with Crippen LogP contribution in [0.1, 0.15) is 62.7 Å². The number of methoxy groups -OCH3 is 1. The minimum Gasteiger partial charge on any atom is -0.497 e. The lowest BCUT2D eigenvalue weighted by Gasteiger charge is -2.57. The highest BCUT2D eigenvalue weighted by Gasteiger charge is 2.51. The van der Waals surface area contributed by atoms with E-state index in [1.54, 1.807) is 7.11 Å². The summed E-state index contributed by atoms with van der Waals surface area (Å²) in [6.45, 7) is 2.35. The van der Waals surface area contributed by atoms with Crippen LogP contribution in [0.5, 0.6) is 5.75 Å². The van der Waals surface area contributed by atoms with Gasteiger partial charge in [-0.15, -0.1) is 11.8 Å². The van der Waals surface area contributed by atoms with Crippen molar-refractivity contribution in [3.8, 4) is 5.75 Å². The van der Waals surface area contributed by atoms with Crippen molar-refractivity contribution in [1.29, 1.82) is 0 Å². The molecule has 5 rings (SSSR count). The van der Waals surface area contributed by atoms with Crippen LogP contribution in [0.2, 0.25) is 0 Å². The van der Waals surface area contributed by atoms with Crippen LogP contribution in [0.4, 0.5) is 0 Å². The van der Waals surface area contributed by atoms with Crippen molar-refractivity contribution in [1.82, 2.24) is 0 Å². The smallest absolute Gasteiger partial charge is 0.118 e. The largest absolute Gasteiger partial charge is 0.497 e. The van der Waals surface area contributed by atoms with E-state index in [9.17, 15) is 0 Å². The van der Waals surface area contributed by atoms with Crippen molar-refractivity contribution in [3.05, 3.63) is 29.8 Å². The predicted octanol–water partition coefficient (Wildman–Crippen LogP) is 5.85. The third-order valence-corrected chi connectivity index (χ3v) is 8.12. The zero-order valence-corrected chi connectivity index (χ0v) is 14.7. The Hall–Kier alpha value is -0.630. The third-order valence-electron chi connectivity index (χ3n) is 6.23. The van der Waals surface area contributed by atoms with Crippen molar-refractivity contribution in [2.45, 2.75) is 61.9 Å². The highest BCUT2D eigenvalue weighted by atomic mass is 32.2. The molecule has 0 heterocycles. The average Bonchev–Trinajstić information content (AvgIpc) is 2.51. The van der Waals surface area contributed by atoms with Gasteiger partial charge in [-0.3, -0.25) is 0 Å². The maximum atomic E-state index is 5.31. The van der Waals surface area contributed by atoms with E-state index in [-0.39, 0.29) is 0 Å². The van der Waals surface area contributed by atoms with Gasteiger partial charge >= 0.3 is 0 Å². The Labute approximate surface area is 139 Å². The van der Waals surface area contributed by atoms with E-state index in [1.807, 2.05) is 0 Å². The summed E-state index contributed by atoms with van der Waals surface area (Å²) in [4.78, 5) is 0. The van der Waals surface area contributed by atoms with E-state index in [2.05, 4.69) is 43.0 Å². The van der Waals surface area contributed by atoms with Crippen molar-refractivity contribution < 1.29 is 4.74 Å². The molecule has 4 aliphatic carbocycles. The molecule has 0 aromatic heterocycles. The molecule has 0 N–H and O–H groups in total. The molecule has 1 nitrogen and oxygen atoms in total. The Kier molecular flexibility index (Phi) is 3.92. The first-order valence-corrected chi connectivity index (χ1v) is 9.89. The van der Waals surface area contributed by atoms with Crippen LogP contribution in [0.15, 0.2) is 24.3 Å². The number of hydrogen-bond donors (Lipinski definition) is 0. The SMILES string of the molecule is CCC(SC12CC3CC(CC(C3)C1)C2)c1ccc(OC)cc1. The van der Waals surface area contributed by atoms with Gasteiger partial charge in [0.25, 0.3) is 0 Å². The molecule has 1 atom stereocenters. The van der Waals surface area contributed by atoms with Gasteiger partial charge in [-0.25, -0.2) is 0 Å². The predicted molar refractivity (Wildman–Crippen MR) is 94.5 cm³/mol. The summed E-state index contributed by atoms with van der Waals surface area (Å²) in [7, 11) is 1.75. The number of hydrogen-bond acceptors (Lipinski definition) is 2. The normalized spacial score (nSPS) is 37.3. The first kappa shape index (κ1) is 14.9. The monoisotopic (exact) mass is 316 g/mol. The van der Waals surface area contributed by atoms with E-state index < -0.39 is 0 Å². The fourth-order valence-electron chi connectivity index (χ4n) is 5.68. The molecule has 2 heteroatoms. The minimum atomic E-state index is 0.607. The van der Waals surface area contributed by atoms with Crippen LogP contribution in [0, 0.1) is 17.8 Å². The van der Waals surface area contributed by atoms with E-state index in [0.717, 1.165) is 23.5 Å². The van der Waals surface area contributed by atoms with E-state index >= 15 is 0 Å². The van der Waals surface area contributed by atoms with E-state index in [0.29, 0.717) is 10.00 Å². The van der Waals surface area contributed by atoms with Crippen LogP contribution in [0.3, 0.4) is 0 Å². The first-order chi connectivity index (χ1) is 10.7. The highest BCUT2D eigenvalue weighted by Crippen LogP contribution is 2.63. The first-order valence-electron chi connectivity index (χ1n) is 9.01. The number of thioether (sulfide) groups is 1. The van der Waals surface area contributed by atoms with E-state index in [1.165, 1.54) is 50.5 Å². The summed E-state index contributed by atoms with van der Waals surface area (Å²) in [5.74, 6) is 4.12. The Morgan fingerprint density at radius 3 is 2.05 bits per heavy atom. The van der Waals surface area contributed by atoms with Crippen LogP contribution in [0.25, 0.3) is 0 Å². The minimum absolute atomic E-state index is 0.607. The summed E-state index contributed by atoms with van der Waals surface area (Å²) in [6.07, 6.45) is 10.3. The van der Waals surface area contributed by atoms with Gasteiger partial charge in [0.2, 0.25) is 0 Å². The summed E-state index contributed by atoms with van der Waals surface area (Å²) >= 11 is 2.33. The molecular formula is C20H28OS. The van der Waals surface area contributed by atoms with Crippen LogP contribution in [-0.4, -0.2) is 11.9 Å². The molecule has 4 aliphatic rings. The second-order valence-corrected chi connectivity index (χ2v) is 9.56. The molecule has 0 spiro atoms. The summed E-state index contributed by atoms with van der Waals surface area (Å²) in [5.41, 5.74) is 1.49. The fourth-order valence-corrected chi connectivity index (χ4v) is 7.74. The molecule has 1 aromatic carbocycles. The van der Waals surface area contributed by atoms with Crippen LogP contribution in [-0.2, 0) is 0 Å². The summed E-state index contributed by atoms with van der Waals surface area (Å²) < 4.78 is 5.92. The van der Waals surface area contributed by atoms with Gasteiger partial charge in [-0.05, 0) is 80.4 Å². The van der Waals surface area contributed by atoms with Gasteiger partial charge in [0.1, 0.15) is 5.75 Å². The number of benzene rings is 1. The molecule has 120 valence electrons. The van der Waals surface area contributed by atoms with Crippen LogP contribution < -0.4 is 4.74 Å². The maximum Gasteiger partial charge on any atom is 0.118 e. The maximum absolute atomic E-state index is 5.31. The van der Waals surface area contributed by atoms with Crippen LogP contribution >= 0.6 is 11.8 Å². The van der Waals surface area contributed by atoms with Crippen molar-refractivity contribution in [2.24, 2.45) is 17.8 Å². The molecule has 22 heavy (non-hydrogen) atoms. The van der Waals surface area contributed by atoms with E-state index in [4.69, 9.17) is 4.74 Å². The quantitative estimate of drug-likeness (QED) is 0.674. The molecule has 0 amide bonds. The summed E-state index contributed by atoms with van der Waals surface area (Å²) in [6, 6.07) is 8.80. The molecule has 1 unspecified atom stereocenters. The molecule has 0 radical (unpaired) electrons. The van der Waals surface area contributed by atoms with Crippen molar-refractivity contribution >= 4 is 11.8 Å². The Balaban J connectivity index is 1.52. The Morgan fingerprint density at radius 1 is 1.05 bits per heavy atom. The zero-order chi connectivity index (χ0) is 15.2. The van der Waals surface area contributed by atoms with Gasteiger partial charge in [-0.2, -0.15) is 0 Å². The topological polar surface area (TPSA) is 9.23 Å². The fraction of sp³-hybridized carbons (Fsp3) is 0.700.